The van der Waals surface area contributed by atoms with Crippen LogP contribution in [0.4, 0.5) is 0 Å². The number of thiophene rings is 1. The number of hydrogen-bond acceptors (Lipinski definition) is 4. The second kappa shape index (κ2) is 6.17. The Kier molecular flexibility index (Phi) is 4.28. The smallest absolute Gasteiger partial charge is 0.408 e. The Hall–Kier alpha value is -1.37. The second-order valence-corrected chi connectivity index (χ2v) is 7.13. The second-order valence-electron chi connectivity index (χ2n) is 4.84. The first kappa shape index (κ1) is 14.6. The number of rotatable bonds is 5. The van der Waals surface area contributed by atoms with Gasteiger partial charge in [0.2, 0.25) is 0 Å². The van der Waals surface area contributed by atoms with Crippen LogP contribution in [0.5, 0.6) is 0 Å². The summed E-state index contributed by atoms with van der Waals surface area (Å²) in [6.45, 7) is 3.06. The maximum atomic E-state index is 11.3. The molecule has 3 aromatic rings. The normalized spacial score (nSPS) is 12.9. The van der Waals surface area contributed by atoms with Crippen molar-refractivity contribution in [3.8, 4) is 0 Å². The maximum Gasteiger partial charge on any atom is 0.417 e. The fourth-order valence-electron chi connectivity index (χ4n) is 2.33. The van der Waals surface area contributed by atoms with E-state index in [1.165, 1.54) is 5.56 Å². The highest BCUT2D eigenvalue weighted by molar-refractivity contribution is 9.11. The molecule has 2 heterocycles. The van der Waals surface area contributed by atoms with Crippen molar-refractivity contribution >= 4 is 38.4 Å². The summed E-state index contributed by atoms with van der Waals surface area (Å²) in [6.07, 6.45) is 1.06. The highest BCUT2D eigenvalue weighted by Gasteiger charge is 2.16. The number of halogens is 1. The fourth-order valence-corrected chi connectivity index (χ4v) is 3.53. The van der Waals surface area contributed by atoms with E-state index in [1.807, 2.05) is 18.2 Å². The van der Waals surface area contributed by atoms with Crippen molar-refractivity contribution in [1.29, 1.82) is 0 Å². The first-order valence-electron chi connectivity index (χ1n) is 6.77. The molecule has 3 rings (SSSR count). The van der Waals surface area contributed by atoms with Gasteiger partial charge in [-0.1, -0.05) is 13.0 Å². The van der Waals surface area contributed by atoms with Crippen molar-refractivity contribution in [1.82, 2.24) is 10.3 Å². The summed E-state index contributed by atoms with van der Waals surface area (Å²) in [4.78, 5) is 13.9. The van der Waals surface area contributed by atoms with Gasteiger partial charge in [0.05, 0.1) is 15.3 Å². The lowest BCUT2D eigenvalue weighted by Crippen LogP contribution is -2.22. The van der Waals surface area contributed by atoms with Crippen molar-refractivity contribution in [2.24, 2.45) is 0 Å². The van der Waals surface area contributed by atoms with E-state index in [9.17, 15) is 4.79 Å². The largest absolute Gasteiger partial charge is 0.417 e. The first-order chi connectivity index (χ1) is 10.2. The van der Waals surface area contributed by atoms with Crippen molar-refractivity contribution < 1.29 is 4.42 Å². The molecule has 0 aliphatic carbocycles. The topological polar surface area (TPSA) is 58.0 Å². The van der Waals surface area contributed by atoms with Crippen LogP contribution < -0.4 is 11.1 Å². The third-order valence-electron chi connectivity index (χ3n) is 3.30. The van der Waals surface area contributed by atoms with E-state index in [4.69, 9.17) is 4.42 Å². The fraction of sp³-hybridized carbons (Fsp3) is 0.267. The zero-order chi connectivity index (χ0) is 14.8. The lowest BCUT2D eigenvalue weighted by atomic mass is 10.0. The zero-order valence-electron chi connectivity index (χ0n) is 11.5. The molecule has 0 bridgehead atoms. The Bertz CT molecular complexity index is 805. The molecule has 110 valence electrons. The molecule has 1 aromatic carbocycles. The first-order valence-corrected chi connectivity index (χ1v) is 8.44. The molecule has 21 heavy (non-hydrogen) atoms. The Morgan fingerprint density at radius 2 is 2.24 bits per heavy atom. The van der Waals surface area contributed by atoms with Gasteiger partial charge >= 0.3 is 5.76 Å². The number of aromatic amines is 1. The Morgan fingerprint density at radius 1 is 1.38 bits per heavy atom. The van der Waals surface area contributed by atoms with Gasteiger partial charge in [-0.05, 0) is 63.6 Å². The number of H-pyrrole nitrogens is 1. The molecule has 0 radical (unpaired) electrons. The minimum atomic E-state index is -0.418. The predicted molar refractivity (Wildman–Crippen MR) is 89.0 cm³/mol. The van der Waals surface area contributed by atoms with E-state index in [1.54, 1.807) is 11.3 Å². The van der Waals surface area contributed by atoms with Crippen LogP contribution in [0.25, 0.3) is 11.1 Å². The molecular weight excluding hydrogens is 352 g/mol. The SMILES string of the molecule is CCCNC(c1csc(Br)c1)c1ccc2[nH]c(=O)oc2c1. The molecule has 0 aliphatic heterocycles. The molecule has 1 atom stereocenters. The summed E-state index contributed by atoms with van der Waals surface area (Å²) in [7, 11) is 0. The predicted octanol–water partition coefficient (Wildman–Crippen LogP) is 4.03. The van der Waals surface area contributed by atoms with Crippen LogP contribution in [0.15, 0.2) is 42.6 Å². The third kappa shape index (κ3) is 3.12. The molecular formula is C15H15BrN2O2S. The van der Waals surface area contributed by atoms with Crippen molar-refractivity contribution in [3.63, 3.8) is 0 Å². The number of fused-ring (bicyclic) bond motifs is 1. The summed E-state index contributed by atoms with van der Waals surface area (Å²) >= 11 is 5.18. The highest BCUT2D eigenvalue weighted by Crippen LogP contribution is 2.30. The quantitative estimate of drug-likeness (QED) is 0.716. The Labute approximate surface area is 134 Å². The van der Waals surface area contributed by atoms with Gasteiger partial charge < -0.3 is 9.73 Å². The van der Waals surface area contributed by atoms with Gasteiger partial charge in [0, 0.05) is 0 Å². The van der Waals surface area contributed by atoms with E-state index in [-0.39, 0.29) is 6.04 Å². The van der Waals surface area contributed by atoms with Gasteiger partial charge in [0.1, 0.15) is 0 Å². The molecule has 2 aromatic heterocycles. The van der Waals surface area contributed by atoms with E-state index < -0.39 is 5.76 Å². The number of benzene rings is 1. The van der Waals surface area contributed by atoms with E-state index in [0.717, 1.165) is 27.8 Å². The molecule has 0 saturated carbocycles. The van der Waals surface area contributed by atoms with Gasteiger partial charge in [-0.3, -0.25) is 4.98 Å². The van der Waals surface area contributed by atoms with Crippen LogP contribution in [-0.2, 0) is 0 Å². The minimum absolute atomic E-state index is 0.0945. The Morgan fingerprint density at radius 3 is 2.95 bits per heavy atom. The van der Waals surface area contributed by atoms with Crippen molar-refractivity contribution in [2.75, 3.05) is 6.54 Å². The summed E-state index contributed by atoms with van der Waals surface area (Å²) < 4.78 is 6.27. The van der Waals surface area contributed by atoms with Crippen LogP contribution in [0.2, 0.25) is 0 Å². The molecule has 1 unspecified atom stereocenters. The zero-order valence-corrected chi connectivity index (χ0v) is 13.9. The number of oxazole rings is 1. The molecule has 0 aliphatic rings. The third-order valence-corrected chi connectivity index (χ3v) is 4.82. The molecule has 0 amide bonds. The van der Waals surface area contributed by atoms with Gasteiger partial charge in [-0.2, -0.15) is 0 Å². The van der Waals surface area contributed by atoms with Crippen molar-refractivity contribution in [2.45, 2.75) is 19.4 Å². The van der Waals surface area contributed by atoms with E-state index in [0.29, 0.717) is 5.58 Å². The van der Waals surface area contributed by atoms with Gasteiger partial charge in [-0.25, -0.2) is 4.79 Å². The van der Waals surface area contributed by atoms with Gasteiger partial charge in [0.15, 0.2) is 5.58 Å². The molecule has 0 fully saturated rings. The molecule has 0 saturated heterocycles. The summed E-state index contributed by atoms with van der Waals surface area (Å²) in [5.41, 5.74) is 3.61. The van der Waals surface area contributed by atoms with Crippen molar-refractivity contribution in [3.05, 3.63) is 55.1 Å². The monoisotopic (exact) mass is 366 g/mol. The van der Waals surface area contributed by atoms with Gasteiger partial charge in [0.25, 0.3) is 0 Å². The lowest BCUT2D eigenvalue weighted by molar-refractivity contribution is 0.553. The lowest BCUT2D eigenvalue weighted by Gasteiger charge is -2.18. The van der Waals surface area contributed by atoms with Crippen LogP contribution in [0.1, 0.15) is 30.5 Å². The van der Waals surface area contributed by atoms with Crippen LogP contribution in [-0.4, -0.2) is 11.5 Å². The summed E-state index contributed by atoms with van der Waals surface area (Å²) in [5.74, 6) is -0.418. The number of nitrogens with one attached hydrogen (secondary N) is 2. The summed E-state index contributed by atoms with van der Waals surface area (Å²) in [6, 6.07) is 8.04. The van der Waals surface area contributed by atoms with Gasteiger partial charge in [-0.15, -0.1) is 11.3 Å². The van der Waals surface area contributed by atoms with Crippen LogP contribution in [0.3, 0.4) is 0 Å². The molecule has 2 N–H and O–H groups in total. The van der Waals surface area contributed by atoms with Crippen LogP contribution in [0, 0.1) is 0 Å². The molecule has 4 nitrogen and oxygen atoms in total. The number of hydrogen-bond donors (Lipinski definition) is 2. The maximum absolute atomic E-state index is 11.3. The van der Waals surface area contributed by atoms with E-state index in [2.05, 4.69) is 44.6 Å². The Balaban J connectivity index is 2.02. The highest BCUT2D eigenvalue weighted by atomic mass is 79.9. The molecule has 0 spiro atoms. The van der Waals surface area contributed by atoms with E-state index >= 15 is 0 Å². The average molecular weight is 367 g/mol. The standard InChI is InChI=1S/C15H15BrN2O2S/c1-2-5-17-14(10-7-13(16)21-8-10)9-3-4-11-12(6-9)20-15(19)18-11/h3-4,6-8,14,17H,2,5H2,1H3,(H,18,19). The summed E-state index contributed by atoms with van der Waals surface area (Å²) in [5, 5.41) is 5.68. The molecule has 6 heteroatoms. The van der Waals surface area contributed by atoms with Crippen LogP contribution >= 0.6 is 27.3 Å². The average Bonchev–Trinajstić information content (AvgIpc) is 3.04. The number of aromatic nitrogens is 1. The minimum Gasteiger partial charge on any atom is -0.408 e.